The van der Waals surface area contributed by atoms with Gasteiger partial charge in [-0.2, -0.15) is 0 Å². The summed E-state index contributed by atoms with van der Waals surface area (Å²) >= 11 is 6.78. The molecule has 1 aromatic rings. The first-order valence-electron chi connectivity index (χ1n) is 7.04. The second kappa shape index (κ2) is 6.87. The zero-order valence-electron chi connectivity index (χ0n) is 13.9. The van der Waals surface area contributed by atoms with Crippen LogP contribution < -0.4 is 5.32 Å². The Hall–Kier alpha value is -1.27. The molecule has 4 nitrogen and oxygen atoms in total. The fraction of sp³-hybridized carbons (Fsp3) is 0.562. The first-order valence-corrected chi connectivity index (χ1v) is 8.33. The normalized spacial score (nSPS) is 13.4. The standard InChI is InChI=1S/C16H23N2O2S2/c1-15(2,3)17-14(21)18(16(4,5)6)13(20)11(10-19)12-8-7-9-22-12/h7-9,11H,1-6H3,(H,17,21). The molecule has 1 rings (SSSR count). The zero-order chi connectivity index (χ0) is 17.1. The molecule has 1 unspecified atom stereocenters. The molecule has 0 aromatic carbocycles. The van der Waals surface area contributed by atoms with Gasteiger partial charge in [0.25, 0.3) is 0 Å². The molecule has 1 N–H and O–H groups in total. The Balaban J connectivity index is 3.14. The van der Waals surface area contributed by atoms with Crippen molar-refractivity contribution in [3.05, 3.63) is 22.4 Å². The van der Waals surface area contributed by atoms with Crippen molar-refractivity contribution in [2.24, 2.45) is 0 Å². The minimum atomic E-state index is -0.945. The second-order valence-electron chi connectivity index (χ2n) is 7.09. The van der Waals surface area contributed by atoms with Gasteiger partial charge in [-0.15, -0.1) is 11.3 Å². The predicted octanol–water partition coefficient (Wildman–Crippen LogP) is 3.24. The largest absolute Gasteiger partial charge is 0.358 e. The lowest BCUT2D eigenvalue weighted by molar-refractivity contribution is -0.130. The van der Waals surface area contributed by atoms with Crippen molar-refractivity contribution in [3.8, 4) is 0 Å². The number of carbonyl (C=O) groups is 1. The van der Waals surface area contributed by atoms with Gasteiger partial charge in [-0.1, -0.05) is 6.07 Å². The number of nitrogens with zero attached hydrogens (tertiary/aromatic N) is 1. The average molecular weight is 340 g/mol. The predicted molar refractivity (Wildman–Crippen MR) is 94.8 cm³/mol. The maximum absolute atomic E-state index is 12.9. The summed E-state index contributed by atoms with van der Waals surface area (Å²) in [5.41, 5.74) is -0.817. The summed E-state index contributed by atoms with van der Waals surface area (Å²) < 4.78 is 0. The third-order valence-corrected chi connectivity index (χ3v) is 3.99. The lowest BCUT2D eigenvalue weighted by Crippen LogP contribution is -2.58. The van der Waals surface area contributed by atoms with Gasteiger partial charge in [0, 0.05) is 16.0 Å². The Morgan fingerprint density at radius 2 is 1.91 bits per heavy atom. The Kier molecular flexibility index (Phi) is 5.87. The maximum atomic E-state index is 12.9. The van der Waals surface area contributed by atoms with Crippen LogP contribution in [0.2, 0.25) is 0 Å². The van der Waals surface area contributed by atoms with Crippen molar-refractivity contribution in [1.29, 1.82) is 0 Å². The van der Waals surface area contributed by atoms with Gasteiger partial charge in [0.05, 0.1) is 0 Å². The molecule has 1 radical (unpaired) electrons. The Labute approximate surface area is 141 Å². The third kappa shape index (κ3) is 4.88. The minimum absolute atomic E-state index is 0.274. The molecule has 0 aliphatic rings. The molecule has 1 atom stereocenters. The van der Waals surface area contributed by atoms with Crippen LogP contribution in [0.4, 0.5) is 0 Å². The zero-order valence-corrected chi connectivity index (χ0v) is 15.5. The van der Waals surface area contributed by atoms with Crippen LogP contribution in [0.5, 0.6) is 0 Å². The van der Waals surface area contributed by atoms with E-state index in [2.05, 4.69) is 5.32 Å². The third-order valence-electron chi connectivity index (χ3n) is 2.77. The highest BCUT2D eigenvalue weighted by atomic mass is 32.1. The summed E-state index contributed by atoms with van der Waals surface area (Å²) in [5.74, 6) is -1.30. The van der Waals surface area contributed by atoms with Crippen molar-refractivity contribution in [2.45, 2.75) is 58.5 Å². The maximum Gasteiger partial charge on any atom is 0.245 e. The summed E-state index contributed by atoms with van der Waals surface area (Å²) in [6.45, 7) is 11.6. The molecule has 121 valence electrons. The van der Waals surface area contributed by atoms with Gasteiger partial charge in [-0.05, 0) is 65.2 Å². The summed E-state index contributed by atoms with van der Waals surface area (Å²) in [6.07, 6.45) is 1.86. The van der Waals surface area contributed by atoms with Gasteiger partial charge in [-0.3, -0.25) is 14.5 Å². The summed E-state index contributed by atoms with van der Waals surface area (Å²) in [6, 6.07) is 3.57. The van der Waals surface area contributed by atoms with Crippen molar-refractivity contribution in [1.82, 2.24) is 10.2 Å². The molecule has 0 fully saturated rings. The molecular weight excluding hydrogens is 316 g/mol. The smallest absolute Gasteiger partial charge is 0.245 e. The van der Waals surface area contributed by atoms with Crippen molar-refractivity contribution < 1.29 is 9.59 Å². The fourth-order valence-corrected chi connectivity index (χ4v) is 3.35. The highest BCUT2D eigenvalue weighted by molar-refractivity contribution is 7.80. The molecular formula is C16H23N2O2S2. The van der Waals surface area contributed by atoms with Crippen LogP contribution >= 0.6 is 23.6 Å². The molecule has 22 heavy (non-hydrogen) atoms. The topological polar surface area (TPSA) is 49.4 Å². The molecule has 1 aromatic heterocycles. The van der Waals surface area contributed by atoms with Crippen LogP contribution in [0.3, 0.4) is 0 Å². The van der Waals surface area contributed by atoms with Crippen LogP contribution in [0.15, 0.2) is 17.5 Å². The van der Waals surface area contributed by atoms with Crippen LogP contribution in [0, 0.1) is 0 Å². The minimum Gasteiger partial charge on any atom is -0.358 e. The Morgan fingerprint density at radius 3 is 2.27 bits per heavy atom. The molecule has 0 aliphatic carbocycles. The van der Waals surface area contributed by atoms with Crippen molar-refractivity contribution in [2.75, 3.05) is 0 Å². The number of carbonyl (C=O) groups excluding carboxylic acids is 2. The number of rotatable bonds is 3. The van der Waals surface area contributed by atoms with Gasteiger partial charge in [0.1, 0.15) is 5.92 Å². The number of thiocarbonyl (C=S) groups is 1. The fourth-order valence-electron chi connectivity index (χ4n) is 1.93. The number of hydrogen-bond donors (Lipinski definition) is 1. The number of amides is 1. The Bertz CT molecular complexity index is 539. The molecule has 1 amide bonds. The highest BCUT2D eigenvalue weighted by Gasteiger charge is 2.37. The van der Waals surface area contributed by atoms with Crippen LogP contribution in [-0.2, 0) is 9.59 Å². The van der Waals surface area contributed by atoms with Crippen LogP contribution in [-0.4, -0.2) is 33.3 Å². The average Bonchev–Trinajstić information content (AvgIpc) is 2.78. The summed E-state index contributed by atoms with van der Waals surface area (Å²) in [5, 5.41) is 5.30. The van der Waals surface area contributed by atoms with Crippen molar-refractivity contribution >= 4 is 40.9 Å². The van der Waals surface area contributed by atoms with E-state index in [1.165, 1.54) is 16.2 Å². The van der Waals surface area contributed by atoms with Gasteiger partial charge in [0.2, 0.25) is 12.2 Å². The summed E-state index contributed by atoms with van der Waals surface area (Å²) in [7, 11) is 0. The van der Waals surface area contributed by atoms with E-state index in [0.717, 1.165) is 0 Å². The first-order chi connectivity index (χ1) is 9.97. The first kappa shape index (κ1) is 18.8. The van der Waals surface area contributed by atoms with E-state index in [9.17, 15) is 9.59 Å². The molecule has 0 aliphatic heterocycles. The lowest BCUT2D eigenvalue weighted by atomic mass is 10.0. The molecule has 0 saturated heterocycles. The van der Waals surface area contributed by atoms with E-state index < -0.39 is 11.5 Å². The van der Waals surface area contributed by atoms with Gasteiger partial charge < -0.3 is 5.32 Å². The van der Waals surface area contributed by atoms with Gasteiger partial charge in [0.15, 0.2) is 5.11 Å². The van der Waals surface area contributed by atoms with Crippen LogP contribution in [0.1, 0.15) is 52.3 Å². The lowest BCUT2D eigenvalue weighted by Gasteiger charge is -2.39. The SMILES string of the molecule is CC(C)(C)NC(=S)N(C(=O)C([C]=O)c1cccs1)C(C)(C)C. The van der Waals surface area contributed by atoms with E-state index >= 15 is 0 Å². The second-order valence-corrected chi connectivity index (χ2v) is 8.46. The highest BCUT2D eigenvalue weighted by Crippen LogP contribution is 2.26. The quantitative estimate of drug-likeness (QED) is 0.678. The monoisotopic (exact) mass is 339 g/mol. The molecule has 1 heterocycles. The number of thiophene rings is 1. The summed E-state index contributed by atoms with van der Waals surface area (Å²) in [4.78, 5) is 26.4. The van der Waals surface area contributed by atoms with E-state index in [4.69, 9.17) is 12.2 Å². The van der Waals surface area contributed by atoms with E-state index in [-0.39, 0.29) is 11.4 Å². The van der Waals surface area contributed by atoms with E-state index in [0.29, 0.717) is 9.99 Å². The molecule has 0 bridgehead atoms. The van der Waals surface area contributed by atoms with Gasteiger partial charge >= 0.3 is 0 Å². The Morgan fingerprint density at radius 1 is 1.32 bits per heavy atom. The van der Waals surface area contributed by atoms with Crippen molar-refractivity contribution in [3.63, 3.8) is 0 Å². The number of nitrogens with one attached hydrogen (secondary N) is 1. The number of hydrogen-bond acceptors (Lipinski definition) is 4. The molecule has 0 saturated carbocycles. The van der Waals surface area contributed by atoms with Crippen LogP contribution in [0.25, 0.3) is 0 Å². The van der Waals surface area contributed by atoms with Gasteiger partial charge in [-0.25, -0.2) is 0 Å². The molecule has 0 spiro atoms. The van der Waals surface area contributed by atoms with E-state index in [1.807, 2.05) is 59.3 Å². The molecule has 6 heteroatoms. The van der Waals surface area contributed by atoms with E-state index in [1.54, 1.807) is 6.07 Å².